The number of hydrogen-bond acceptors (Lipinski definition) is 2. The Hall–Kier alpha value is -0.750. The summed E-state index contributed by atoms with van der Waals surface area (Å²) in [7, 11) is 0. The molecule has 0 amide bonds. The molecule has 0 radical (unpaired) electrons. The van der Waals surface area contributed by atoms with Gasteiger partial charge in [-0.3, -0.25) is 0 Å². The fourth-order valence-electron chi connectivity index (χ4n) is 2.61. The zero-order valence-corrected chi connectivity index (χ0v) is 13.4. The second kappa shape index (κ2) is 7.01. The average molecular weight is 366 g/mol. The molecule has 2 nitrogen and oxygen atoms in total. The molecule has 1 aliphatic rings. The van der Waals surface area contributed by atoms with Crippen LogP contribution in [-0.4, -0.2) is 12.4 Å². The van der Waals surface area contributed by atoms with Gasteiger partial charge in [0.25, 0.3) is 0 Å². The third kappa shape index (κ3) is 5.51. The number of nitrogens with one attached hydrogen (secondary N) is 1. The van der Waals surface area contributed by atoms with Crippen molar-refractivity contribution in [3.05, 3.63) is 28.2 Å². The highest BCUT2D eigenvalue weighted by molar-refractivity contribution is 9.10. The van der Waals surface area contributed by atoms with Crippen LogP contribution in [0.25, 0.3) is 0 Å². The van der Waals surface area contributed by atoms with Gasteiger partial charge in [-0.2, -0.15) is 0 Å². The normalized spacial score (nSPS) is 23.1. The monoisotopic (exact) mass is 365 g/mol. The second-order valence-electron chi connectivity index (χ2n) is 5.64. The van der Waals surface area contributed by atoms with Gasteiger partial charge in [-0.25, -0.2) is 0 Å². The molecular formula is C15H19BrF3NO. The lowest BCUT2D eigenvalue weighted by atomic mass is 9.87. The number of hydrogen-bond donors (Lipinski definition) is 1. The number of rotatable bonds is 4. The summed E-state index contributed by atoms with van der Waals surface area (Å²) >= 11 is 3.17. The lowest BCUT2D eigenvalue weighted by Crippen LogP contribution is -2.32. The molecule has 2 rings (SSSR count). The molecule has 21 heavy (non-hydrogen) atoms. The number of alkyl halides is 3. The summed E-state index contributed by atoms with van der Waals surface area (Å²) in [6.45, 7) is 2.62. The minimum absolute atomic E-state index is 0.145. The van der Waals surface area contributed by atoms with E-state index in [1.807, 2.05) is 0 Å². The van der Waals surface area contributed by atoms with E-state index in [9.17, 15) is 13.2 Å². The first-order chi connectivity index (χ1) is 9.83. The first-order valence-electron chi connectivity index (χ1n) is 7.11. The van der Waals surface area contributed by atoms with Gasteiger partial charge in [0, 0.05) is 22.6 Å². The van der Waals surface area contributed by atoms with Crippen LogP contribution in [0.2, 0.25) is 0 Å². The largest absolute Gasteiger partial charge is 0.573 e. The molecule has 0 aromatic heterocycles. The molecule has 1 N–H and O–H groups in total. The maximum atomic E-state index is 12.4. The van der Waals surface area contributed by atoms with E-state index in [1.165, 1.54) is 18.9 Å². The molecule has 1 aromatic carbocycles. The van der Waals surface area contributed by atoms with Crippen LogP contribution in [0.3, 0.4) is 0 Å². The van der Waals surface area contributed by atoms with E-state index < -0.39 is 6.36 Å². The Morgan fingerprint density at radius 2 is 1.90 bits per heavy atom. The third-order valence-corrected chi connectivity index (χ3v) is 4.35. The molecule has 0 aliphatic heterocycles. The van der Waals surface area contributed by atoms with Crippen LogP contribution in [-0.2, 0) is 6.54 Å². The number of benzene rings is 1. The smallest absolute Gasteiger partial charge is 0.405 e. The maximum Gasteiger partial charge on any atom is 0.573 e. The quantitative estimate of drug-likeness (QED) is 0.808. The van der Waals surface area contributed by atoms with E-state index >= 15 is 0 Å². The first-order valence-corrected chi connectivity index (χ1v) is 7.90. The molecule has 1 aromatic rings. The van der Waals surface area contributed by atoms with Crippen molar-refractivity contribution in [1.29, 1.82) is 0 Å². The van der Waals surface area contributed by atoms with Crippen molar-refractivity contribution in [3.8, 4) is 5.75 Å². The van der Waals surface area contributed by atoms with E-state index in [1.54, 1.807) is 12.1 Å². The zero-order valence-electron chi connectivity index (χ0n) is 11.8. The van der Waals surface area contributed by atoms with Gasteiger partial charge in [0.15, 0.2) is 0 Å². The van der Waals surface area contributed by atoms with Gasteiger partial charge in [-0.1, -0.05) is 28.9 Å². The molecule has 0 bridgehead atoms. The van der Waals surface area contributed by atoms with Crippen LogP contribution in [0, 0.1) is 5.92 Å². The molecule has 1 aliphatic carbocycles. The fourth-order valence-corrected chi connectivity index (χ4v) is 2.95. The van der Waals surface area contributed by atoms with Crippen LogP contribution >= 0.6 is 15.9 Å². The van der Waals surface area contributed by atoms with Crippen molar-refractivity contribution in [3.63, 3.8) is 0 Å². The van der Waals surface area contributed by atoms with E-state index in [0.29, 0.717) is 22.6 Å². The van der Waals surface area contributed by atoms with Crippen molar-refractivity contribution < 1.29 is 17.9 Å². The Morgan fingerprint density at radius 3 is 2.52 bits per heavy atom. The Bertz CT molecular complexity index is 470. The van der Waals surface area contributed by atoms with Gasteiger partial charge in [-0.05, 0) is 43.7 Å². The fraction of sp³-hybridized carbons (Fsp3) is 0.600. The van der Waals surface area contributed by atoms with Gasteiger partial charge in [-0.15, -0.1) is 13.2 Å². The predicted molar refractivity (Wildman–Crippen MR) is 79.1 cm³/mol. The van der Waals surface area contributed by atoms with Gasteiger partial charge >= 0.3 is 6.36 Å². The highest BCUT2D eigenvalue weighted by Crippen LogP contribution is 2.30. The minimum Gasteiger partial charge on any atom is -0.405 e. The summed E-state index contributed by atoms with van der Waals surface area (Å²) in [4.78, 5) is 0. The summed E-state index contributed by atoms with van der Waals surface area (Å²) in [6.07, 6.45) is -0.177. The predicted octanol–water partition coefficient (Wildman–Crippen LogP) is 5.02. The highest BCUT2D eigenvalue weighted by atomic mass is 79.9. The van der Waals surface area contributed by atoms with Crippen molar-refractivity contribution >= 4 is 15.9 Å². The Morgan fingerprint density at radius 1 is 1.24 bits per heavy atom. The average Bonchev–Trinajstić information content (AvgIpc) is 2.38. The minimum atomic E-state index is -4.67. The molecular weight excluding hydrogens is 347 g/mol. The maximum absolute atomic E-state index is 12.4. The summed E-state index contributed by atoms with van der Waals surface area (Å²) in [5.74, 6) is 0.605. The van der Waals surface area contributed by atoms with E-state index in [2.05, 4.69) is 32.9 Å². The van der Waals surface area contributed by atoms with E-state index in [4.69, 9.17) is 0 Å². The van der Waals surface area contributed by atoms with E-state index in [-0.39, 0.29) is 5.75 Å². The summed E-state index contributed by atoms with van der Waals surface area (Å²) in [6, 6.07) is 5.11. The molecule has 0 atom stereocenters. The van der Waals surface area contributed by atoms with Crippen molar-refractivity contribution in [1.82, 2.24) is 5.32 Å². The zero-order chi connectivity index (χ0) is 15.5. The van der Waals surface area contributed by atoms with Crippen LogP contribution in [0.15, 0.2) is 22.7 Å². The van der Waals surface area contributed by atoms with Crippen molar-refractivity contribution in [2.45, 2.75) is 51.6 Å². The molecule has 0 heterocycles. The molecule has 118 valence electrons. The van der Waals surface area contributed by atoms with Crippen LogP contribution in [0.1, 0.15) is 38.2 Å². The van der Waals surface area contributed by atoms with Gasteiger partial charge < -0.3 is 10.1 Å². The topological polar surface area (TPSA) is 21.3 Å². The molecule has 1 fully saturated rings. The number of halogens is 4. The SMILES string of the molecule is CC1CCC(NCc2ccc(Br)cc2OC(F)(F)F)CC1. The molecule has 0 saturated heterocycles. The lowest BCUT2D eigenvalue weighted by molar-refractivity contribution is -0.274. The Balaban J connectivity index is 1.99. The van der Waals surface area contributed by atoms with Crippen molar-refractivity contribution in [2.24, 2.45) is 5.92 Å². The summed E-state index contributed by atoms with van der Waals surface area (Å²) in [5.41, 5.74) is 0.522. The van der Waals surface area contributed by atoms with Gasteiger partial charge in [0.1, 0.15) is 5.75 Å². The summed E-state index contributed by atoms with van der Waals surface area (Å²) < 4.78 is 42.0. The third-order valence-electron chi connectivity index (χ3n) is 3.85. The van der Waals surface area contributed by atoms with E-state index in [0.717, 1.165) is 18.8 Å². The second-order valence-corrected chi connectivity index (χ2v) is 6.55. The standard InChI is InChI=1S/C15H19BrF3NO/c1-10-2-6-13(7-3-10)20-9-11-4-5-12(16)8-14(11)21-15(17,18)19/h4-5,8,10,13,20H,2-3,6-7,9H2,1H3. The Kier molecular flexibility index (Phi) is 5.54. The van der Waals surface area contributed by atoms with Crippen LogP contribution < -0.4 is 10.1 Å². The van der Waals surface area contributed by atoms with Gasteiger partial charge in [0.05, 0.1) is 0 Å². The van der Waals surface area contributed by atoms with Crippen LogP contribution in [0.4, 0.5) is 13.2 Å². The molecule has 0 unspecified atom stereocenters. The lowest BCUT2D eigenvalue weighted by Gasteiger charge is -2.27. The van der Waals surface area contributed by atoms with Crippen LogP contribution in [0.5, 0.6) is 5.75 Å². The summed E-state index contributed by atoms with van der Waals surface area (Å²) in [5, 5.41) is 3.34. The number of ether oxygens (including phenoxy) is 1. The molecule has 1 saturated carbocycles. The first kappa shape index (κ1) is 16.6. The Labute approximate surface area is 131 Å². The highest BCUT2D eigenvalue weighted by Gasteiger charge is 2.32. The molecule has 6 heteroatoms. The van der Waals surface area contributed by atoms with Crippen molar-refractivity contribution in [2.75, 3.05) is 0 Å². The molecule has 0 spiro atoms. The van der Waals surface area contributed by atoms with Gasteiger partial charge in [0.2, 0.25) is 0 Å².